The number of rotatable bonds is 8. The van der Waals surface area contributed by atoms with Crippen LogP contribution < -0.4 is 5.73 Å². The molecule has 0 bridgehead atoms. The summed E-state index contributed by atoms with van der Waals surface area (Å²) >= 11 is 0. The Morgan fingerprint density at radius 2 is 1.81 bits per heavy atom. The lowest BCUT2D eigenvalue weighted by Crippen LogP contribution is -2.40. The Morgan fingerprint density at radius 1 is 1.24 bits per heavy atom. The third-order valence-electron chi connectivity index (χ3n) is 3.25. The standard InChI is InChI=1S/C15H26N2O3S/c1-4-17(12-15(2,3)18)9-10-21(19,20)14-7-5-13(11-16)6-8-14/h5-8,18H,4,9-12,16H2,1-3H3. The molecule has 0 unspecified atom stereocenters. The molecular weight excluding hydrogens is 288 g/mol. The van der Waals surface area contributed by atoms with Crippen molar-refractivity contribution in [1.82, 2.24) is 4.90 Å². The second kappa shape index (κ2) is 7.35. The van der Waals surface area contributed by atoms with E-state index in [0.29, 0.717) is 31.1 Å². The number of nitrogens with two attached hydrogens (primary N) is 1. The average molecular weight is 314 g/mol. The van der Waals surface area contributed by atoms with Crippen LogP contribution in [0.15, 0.2) is 29.2 Å². The fraction of sp³-hybridized carbons (Fsp3) is 0.600. The van der Waals surface area contributed by atoms with E-state index in [-0.39, 0.29) is 5.75 Å². The molecule has 0 heterocycles. The van der Waals surface area contributed by atoms with Gasteiger partial charge in [-0.15, -0.1) is 0 Å². The van der Waals surface area contributed by atoms with Crippen molar-refractivity contribution in [3.8, 4) is 0 Å². The zero-order chi connectivity index (χ0) is 16.1. The summed E-state index contributed by atoms with van der Waals surface area (Å²) in [6.45, 7) is 7.34. The van der Waals surface area contributed by atoms with E-state index >= 15 is 0 Å². The van der Waals surface area contributed by atoms with Gasteiger partial charge in [-0.1, -0.05) is 19.1 Å². The molecule has 1 rings (SSSR count). The zero-order valence-corrected chi connectivity index (χ0v) is 13.9. The van der Waals surface area contributed by atoms with Crippen LogP contribution in [0.3, 0.4) is 0 Å². The highest BCUT2D eigenvalue weighted by Crippen LogP contribution is 2.13. The molecule has 21 heavy (non-hydrogen) atoms. The molecule has 0 amide bonds. The number of aliphatic hydroxyl groups is 1. The van der Waals surface area contributed by atoms with E-state index < -0.39 is 15.4 Å². The van der Waals surface area contributed by atoms with Gasteiger partial charge in [-0.25, -0.2) is 8.42 Å². The highest BCUT2D eigenvalue weighted by Gasteiger charge is 2.20. The lowest BCUT2D eigenvalue weighted by atomic mass is 10.1. The average Bonchev–Trinajstić information content (AvgIpc) is 2.42. The number of sulfone groups is 1. The van der Waals surface area contributed by atoms with E-state index in [0.717, 1.165) is 5.56 Å². The van der Waals surface area contributed by atoms with E-state index in [1.54, 1.807) is 38.1 Å². The van der Waals surface area contributed by atoms with Crippen LogP contribution in [0, 0.1) is 0 Å². The molecule has 0 fully saturated rings. The van der Waals surface area contributed by atoms with Crippen molar-refractivity contribution < 1.29 is 13.5 Å². The van der Waals surface area contributed by atoms with Gasteiger partial charge in [0, 0.05) is 19.6 Å². The fourth-order valence-electron chi connectivity index (χ4n) is 2.10. The van der Waals surface area contributed by atoms with Crippen molar-refractivity contribution >= 4 is 9.84 Å². The van der Waals surface area contributed by atoms with Crippen molar-refractivity contribution in [2.24, 2.45) is 5.73 Å². The van der Waals surface area contributed by atoms with Crippen molar-refractivity contribution in [1.29, 1.82) is 0 Å². The normalized spacial score (nSPS) is 12.9. The van der Waals surface area contributed by atoms with Crippen LogP contribution >= 0.6 is 0 Å². The quantitative estimate of drug-likeness (QED) is 0.748. The SMILES string of the molecule is CCN(CCS(=O)(=O)c1ccc(CN)cc1)CC(C)(C)O. The van der Waals surface area contributed by atoms with Gasteiger partial charge in [0.2, 0.25) is 0 Å². The third kappa shape index (κ3) is 6.13. The summed E-state index contributed by atoms with van der Waals surface area (Å²) in [7, 11) is -3.31. The van der Waals surface area contributed by atoms with Crippen molar-refractivity contribution in [3.05, 3.63) is 29.8 Å². The van der Waals surface area contributed by atoms with Gasteiger partial charge in [-0.2, -0.15) is 0 Å². The summed E-state index contributed by atoms with van der Waals surface area (Å²) in [6.07, 6.45) is 0. The van der Waals surface area contributed by atoms with Gasteiger partial charge in [0.25, 0.3) is 0 Å². The molecular formula is C15H26N2O3S. The van der Waals surface area contributed by atoms with E-state index in [9.17, 15) is 13.5 Å². The van der Waals surface area contributed by atoms with Crippen LogP contribution in [0.5, 0.6) is 0 Å². The van der Waals surface area contributed by atoms with E-state index in [4.69, 9.17) is 5.73 Å². The van der Waals surface area contributed by atoms with Crippen LogP contribution in [0.4, 0.5) is 0 Å². The smallest absolute Gasteiger partial charge is 0.179 e. The van der Waals surface area contributed by atoms with Gasteiger partial charge >= 0.3 is 0 Å². The molecule has 5 nitrogen and oxygen atoms in total. The summed E-state index contributed by atoms with van der Waals surface area (Å²) < 4.78 is 24.6. The Balaban J connectivity index is 2.71. The van der Waals surface area contributed by atoms with Crippen LogP contribution in [-0.4, -0.2) is 49.4 Å². The predicted octanol–water partition coefficient (Wildman–Crippen LogP) is 1.01. The summed E-state index contributed by atoms with van der Waals surface area (Å²) in [6, 6.07) is 6.68. The van der Waals surface area contributed by atoms with Gasteiger partial charge in [-0.3, -0.25) is 4.90 Å². The topological polar surface area (TPSA) is 83.6 Å². The Labute approximate surface area is 127 Å². The lowest BCUT2D eigenvalue weighted by molar-refractivity contribution is 0.0398. The fourth-order valence-corrected chi connectivity index (χ4v) is 3.38. The van der Waals surface area contributed by atoms with Gasteiger partial charge < -0.3 is 10.8 Å². The highest BCUT2D eigenvalue weighted by molar-refractivity contribution is 7.91. The molecule has 0 saturated carbocycles. The summed E-state index contributed by atoms with van der Waals surface area (Å²) in [5, 5.41) is 9.82. The first-order valence-corrected chi connectivity index (χ1v) is 8.79. The molecule has 1 aromatic carbocycles. The number of benzene rings is 1. The van der Waals surface area contributed by atoms with Crippen molar-refractivity contribution in [2.45, 2.75) is 37.8 Å². The largest absolute Gasteiger partial charge is 0.389 e. The maximum Gasteiger partial charge on any atom is 0.179 e. The first-order chi connectivity index (χ1) is 9.68. The van der Waals surface area contributed by atoms with E-state index in [1.165, 1.54) is 0 Å². The summed E-state index contributed by atoms with van der Waals surface area (Å²) in [5.41, 5.74) is 5.58. The molecule has 0 atom stereocenters. The summed E-state index contributed by atoms with van der Waals surface area (Å²) in [4.78, 5) is 2.25. The molecule has 120 valence electrons. The molecule has 1 aromatic rings. The molecule has 0 spiro atoms. The molecule has 0 aromatic heterocycles. The van der Waals surface area contributed by atoms with Crippen molar-refractivity contribution in [3.63, 3.8) is 0 Å². The lowest BCUT2D eigenvalue weighted by Gasteiger charge is -2.27. The molecule has 3 N–H and O–H groups in total. The van der Waals surface area contributed by atoms with Crippen LogP contribution in [-0.2, 0) is 16.4 Å². The molecule has 0 saturated heterocycles. The Hall–Kier alpha value is -0.950. The minimum absolute atomic E-state index is 0.0406. The first-order valence-electron chi connectivity index (χ1n) is 7.14. The minimum atomic E-state index is -3.31. The van der Waals surface area contributed by atoms with E-state index in [1.807, 2.05) is 11.8 Å². The molecule has 0 radical (unpaired) electrons. The number of likely N-dealkylation sites (N-methyl/N-ethyl adjacent to an activating group) is 1. The van der Waals surface area contributed by atoms with Crippen LogP contribution in [0.1, 0.15) is 26.3 Å². The number of hydrogen-bond donors (Lipinski definition) is 2. The van der Waals surface area contributed by atoms with Crippen LogP contribution in [0.25, 0.3) is 0 Å². The van der Waals surface area contributed by atoms with Crippen molar-refractivity contribution in [2.75, 3.05) is 25.4 Å². The third-order valence-corrected chi connectivity index (χ3v) is 4.96. The Morgan fingerprint density at radius 3 is 2.24 bits per heavy atom. The molecule has 0 aliphatic rings. The minimum Gasteiger partial charge on any atom is -0.389 e. The van der Waals surface area contributed by atoms with Gasteiger partial charge in [0.05, 0.1) is 16.2 Å². The monoisotopic (exact) mass is 314 g/mol. The number of hydrogen-bond acceptors (Lipinski definition) is 5. The number of nitrogens with zero attached hydrogens (tertiary/aromatic N) is 1. The predicted molar refractivity (Wildman–Crippen MR) is 84.8 cm³/mol. The van der Waals surface area contributed by atoms with Gasteiger partial charge in [0.15, 0.2) is 9.84 Å². The maximum absolute atomic E-state index is 12.3. The second-order valence-corrected chi connectivity index (χ2v) is 7.96. The highest BCUT2D eigenvalue weighted by atomic mass is 32.2. The second-order valence-electron chi connectivity index (χ2n) is 5.85. The zero-order valence-electron chi connectivity index (χ0n) is 13.0. The molecule has 0 aliphatic heterocycles. The Bertz CT molecular complexity index is 533. The van der Waals surface area contributed by atoms with Gasteiger partial charge in [-0.05, 0) is 38.1 Å². The van der Waals surface area contributed by atoms with E-state index in [2.05, 4.69) is 0 Å². The Kier molecular flexibility index (Phi) is 6.34. The van der Waals surface area contributed by atoms with Crippen LogP contribution in [0.2, 0.25) is 0 Å². The van der Waals surface area contributed by atoms with Gasteiger partial charge in [0.1, 0.15) is 0 Å². The molecule has 0 aliphatic carbocycles. The molecule has 6 heteroatoms. The summed E-state index contributed by atoms with van der Waals surface area (Å²) in [5.74, 6) is 0.0406. The maximum atomic E-state index is 12.3. The first kappa shape index (κ1) is 18.1.